The van der Waals surface area contributed by atoms with Crippen molar-refractivity contribution < 1.29 is 18.3 Å². The molecule has 1 unspecified atom stereocenters. The molecule has 3 fully saturated rings. The Morgan fingerprint density at radius 2 is 1.86 bits per heavy atom. The summed E-state index contributed by atoms with van der Waals surface area (Å²) < 4.78 is 38.7. The molecule has 194 valence electrons. The minimum Gasteiger partial charge on any atom is -0.373 e. The predicted octanol–water partition coefficient (Wildman–Crippen LogP) is 7.24. The van der Waals surface area contributed by atoms with Crippen molar-refractivity contribution in [1.29, 1.82) is 0 Å². The van der Waals surface area contributed by atoms with Crippen LogP contribution in [0.3, 0.4) is 0 Å². The van der Waals surface area contributed by atoms with Gasteiger partial charge in [-0.2, -0.15) is 0 Å². The van der Waals surface area contributed by atoms with E-state index in [4.69, 9.17) is 27.9 Å². The number of rotatable bonds is 11. The molecule has 2 aromatic rings. The van der Waals surface area contributed by atoms with Gasteiger partial charge >= 0.3 is 0 Å². The fourth-order valence-corrected chi connectivity index (χ4v) is 6.19. The molecule has 1 aliphatic heterocycles. The highest BCUT2D eigenvalue weighted by Gasteiger charge is 2.46. The molecule has 2 aromatic carbocycles. The average molecular weight is 556 g/mol. The second kappa shape index (κ2) is 10.8. The Balaban J connectivity index is 1.18. The molecular formula is C27H30Cl2F2N2O2S. The number of likely N-dealkylation sites (tertiary alicyclic amines) is 1. The van der Waals surface area contributed by atoms with Crippen LogP contribution in [0.4, 0.5) is 8.78 Å². The molecule has 9 heteroatoms. The van der Waals surface area contributed by atoms with Crippen LogP contribution in [0.1, 0.15) is 78.0 Å². The van der Waals surface area contributed by atoms with Crippen LogP contribution in [-0.2, 0) is 11.3 Å². The first-order valence-corrected chi connectivity index (χ1v) is 14.1. The standard InChI is InChI=1S/C27H30Cl2F2N2O2S/c1-2-25(17-7-19(28)10-20(29)8-17)33-13-27(31,14-33)15-35-12-18-9-24(30)23(11-22(18)16-3-4-16)26(34)32-36-21-5-6-21/h7-11,16,21,25H,2-6,12-15H2,1H3,(H,32,34). The smallest absolute Gasteiger partial charge is 0.264 e. The molecule has 1 heterocycles. The second-order valence-electron chi connectivity index (χ2n) is 10.2. The summed E-state index contributed by atoms with van der Waals surface area (Å²) >= 11 is 13.7. The lowest BCUT2D eigenvalue weighted by atomic mass is 9.91. The van der Waals surface area contributed by atoms with Crippen LogP contribution in [0, 0.1) is 5.82 Å². The third-order valence-corrected chi connectivity index (χ3v) is 8.57. The van der Waals surface area contributed by atoms with Crippen LogP contribution in [0.25, 0.3) is 0 Å². The van der Waals surface area contributed by atoms with E-state index in [1.165, 1.54) is 18.0 Å². The highest BCUT2D eigenvalue weighted by Crippen LogP contribution is 2.43. The normalized spacial score (nSPS) is 20.1. The Hall–Kier alpha value is -1.38. The summed E-state index contributed by atoms with van der Waals surface area (Å²) in [5, 5.41) is 1.57. The van der Waals surface area contributed by atoms with Gasteiger partial charge in [-0.3, -0.25) is 14.4 Å². The van der Waals surface area contributed by atoms with E-state index in [1.54, 1.807) is 12.1 Å². The summed E-state index contributed by atoms with van der Waals surface area (Å²) in [6.45, 7) is 2.60. The van der Waals surface area contributed by atoms with Gasteiger partial charge in [0.15, 0.2) is 5.67 Å². The first-order valence-electron chi connectivity index (χ1n) is 12.5. The molecule has 3 aliphatic rings. The topological polar surface area (TPSA) is 41.6 Å². The Morgan fingerprint density at radius 3 is 2.47 bits per heavy atom. The number of nitrogens with zero attached hydrogens (tertiary/aromatic N) is 1. The number of nitrogens with one attached hydrogen (secondary N) is 1. The van der Waals surface area contributed by atoms with Gasteiger partial charge in [-0.1, -0.05) is 30.1 Å². The molecular weight excluding hydrogens is 525 g/mol. The van der Waals surface area contributed by atoms with Crippen molar-refractivity contribution >= 4 is 41.1 Å². The predicted molar refractivity (Wildman–Crippen MR) is 141 cm³/mol. The molecule has 1 N–H and O–H groups in total. The maximum Gasteiger partial charge on any atom is 0.264 e. The van der Waals surface area contributed by atoms with Gasteiger partial charge in [-0.25, -0.2) is 8.78 Å². The SMILES string of the molecule is CCC(c1cc(Cl)cc(Cl)c1)N1CC(F)(COCc2cc(F)c(C(=O)NSC3CC3)cc2C2CC2)C1. The Bertz CT molecular complexity index is 1120. The van der Waals surface area contributed by atoms with Crippen LogP contribution < -0.4 is 4.72 Å². The summed E-state index contributed by atoms with van der Waals surface area (Å²) in [5.74, 6) is -0.662. The van der Waals surface area contributed by atoms with Crippen molar-refractivity contribution in [3.05, 3.63) is 68.4 Å². The van der Waals surface area contributed by atoms with Crippen molar-refractivity contribution in [3.63, 3.8) is 0 Å². The largest absolute Gasteiger partial charge is 0.373 e. The zero-order chi connectivity index (χ0) is 25.4. The zero-order valence-electron chi connectivity index (χ0n) is 20.2. The lowest BCUT2D eigenvalue weighted by Gasteiger charge is -2.48. The first-order chi connectivity index (χ1) is 17.2. The van der Waals surface area contributed by atoms with Crippen molar-refractivity contribution in [2.75, 3.05) is 19.7 Å². The second-order valence-corrected chi connectivity index (χ2v) is 12.2. The van der Waals surface area contributed by atoms with Gasteiger partial charge < -0.3 is 4.74 Å². The maximum atomic E-state index is 15.4. The van der Waals surface area contributed by atoms with Crippen LogP contribution in [-0.4, -0.2) is 41.4 Å². The van der Waals surface area contributed by atoms with E-state index in [0.29, 0.717) is 26.8 Å². The minimum absolute atomic E-state index is 0.0254. The van der Waals surface area contributed by atoms with Gasteiger partial charge in [0.25, 0.3) is 5.91 Å². The Kier molecular flexibility index (Phi) is 7.85. The fourth-order valence-electron chi connectivity index (χ4n) is 4.89. The molecule has 2 saturated carbocycles. The van der Waals surface area contributed by atoms with Gasteiger partial charge in [0, 0.05) is 34.4 Å². The van der Waals surface area contributed by atoms with Gasteiger partial charge in [0.05, 0.1) is 18.8 Å². The lowest BCUT2D eigenvalue weighted by Crippen LogP contribution is -2.62. The zero-order valence-corrected chi connectivity index (χ0v) is 22.5. The molecule has 1 atom stereocenters. The summed E-state index contributed by atoms with van der Waals surface area (Å²) in [7, 11) is 0. The van der Waals surface area contributed by atoms with Gasteiger partial charge in [0.1, 0.15) is 5.82 Å². The van der Waals surface area contributed by atoms with Crippen molar-refractivity contribution in [1.82, 2.24) is 9.62 Å². The van der Waals surface area contributed by atoms with Crippen LogP contribution >= 0.6 is 35.1 Å². The van der Waals surface area contributed by atoms with E-state index < -0.39 is 17.4 Å². The van der Waals surface area contributed by atoms with E-state index in [-0.39, 0.29) is 37.9 Å². The highest BCUT2D eigenvalue weighted by molar-refractivity contribution is 7.98. The molecule has 0 bridgehead atoms. The van der Waals surface area contributed by atoms with E-state index in [1.807, 2.05) is 12.1 Å². The molecule has 5 rings (SSSR count). The molecule has 2 aliphatic carbocycles. The molecule has 0 spiro atoms. The number of halogens is 4. The monoisotopic (exact) mass is 554 g/mol. The summed E-state index contributed by atoms with van der Waals surface area (Å²) in [6.07, 6.45) is 4.98. The van der Waals surface area contributed by atoms with Gasteiger partial charge in [0.2, 0.25) is 0 Å². The lowest BCUT2D eigenvalue weighted by molar-refractivity contribution is -0.107. The number of benzene rings is 2. The van der Waals surface area contributed by atoms with Crippen molar-refractivity contribution in [2.24, 2.45) is 0 Å². The Labute approximate surface area is 225 Å². The van der Waals surface area contributed by atoms with Gasteiger partial charge in [-0.05, 0) is 97.0 Å². The molecule has 36 heavy (non-hydrogen) atoms. The number of amides is 1. The number of ether oxygens (including phenoxy) is 1. The first kappa shape index (κ1) is 26.2. The Morgan fingerprint density at radius 1 is 1.17 bits per heavy atom. The molecule has 1 amide bonds. The summed E-state index contributed by atoms with van der Waals surface area (Å²) in [6, 6.07) is 8.51. The van der Waals surface area contributed by atoms with Crippen LogP contribution in [0.2, 0.25) is 10.0 Å². The number of carbonyl (C=O) groups is 1. The van der Waals surface area contributed by atoms with E-state index >= 15 is 4.39 Å². The van der Waals surface area contributed by atoms with Gasteiger partial charge in [-0.15, -0.1) is 0 Å². The van der Waals surface area contributed by atoms with Crippen LogP contribution in [0.15, 0.2) is 30.3 Å². The van der Waals surface area contributed by atoms with Crippen LogP contribution in [0.5, 0.6) is 0 Å². The van der Waals surface area contributed by atoms with E-state index in [0.717, 1.165) is 43.2 Å². The minimum atomic E-state index is -1.46. The third-order valence-electron chi connectivity index (χ3n) is 7.02. The molecule has 4 nitrogen and oxygen atoms in total. The number of carbonyl (C=O) groups excluding carboxylic acids is 1. The third kappa shape index (κ3) is 6.18. The molecule has 0 radical (unpaired) electrons. The highest BCUT2D eigenvalue weighted by atomic mass is 35.5. The number of hydrogen-bond acceptors (Lipinski definition) is 4. The van der Waals surface area contributed by atoms with E-state index in [9.17, 15) is 9.18 Å². The van der Waals surface area contributed by atoms with E-state index in [2.05, 4.69) is 16.5 Å². The number of alkyl halides is 1. The fraction of sp³-hybridized carbons (Fsp3) is 0.519. The maximum absolute atomic E-state index is 15.4. The van der Waals surface area contributed by atoms with Crippen molar-refractivity contribution in [3.8, 4) is 0 Å². The summed E-state index contributed by atoms with van der Waals surface area (Å²) in [4.78, 5) is 14.5. The number of hydrogen-bond donors (Lipinski definition) is 1. The van der Waals surface area contributed by atoms with Crippen molar-refractivity contribution in [2.45, 2.75) is 68.5 Å². The quantitative estimate of drug-likeness (QED) is 0.297. The average Bonchev–Trinajstić information content (AvgIpc) is 3.71. The summed E-state index contributed by atoms with van der Waals surface area (Å²) in [5.41, 5.74) is 1.21. The molecule has 0 aromatic heterocycles. The molecule has 1 saturated heterocycles.